The number of carbonyl (C=O) groups excluding carboxylic acids is 1. The molecule has 1 amide bonds. The number of hydrogen-bond acceptors (Lipinski definition) is 5. The molecule has 0 aliphatic carbocycles. The van der Waals surface area contributed by atoms with Gasteiger partial charge in [-0.05, 0) is 36.8 Å². The summed E-state index contributed by atoms with van der Waals surface area (Å²) in [6.07, 6.45) is -2.31. The Bertz CT molecular complexity index is 1190. The Kier molecular flexibility index (Phi) is 6.42. The molecule has 1 aromatic carbocycles. The first kappa shape index (κ1) is 22.5. The highest BCUT2D eigenvalue weighted by Crippen LogP contribution is 2.35. The summed E-state index contributed by atoms with van der Waals surface area (Å²) in [5, 5.41) is 14.6. The van der Waals surface area contributed by atoms with Gasteiger partial charge >= 0.3 is 0 Å². The fraction of sp³-hybridized carbons (Fsp3) is 0.409. The van der Waals surface area contributed by atoms with Crippen LogP contribution in [-0.4, -0.2) is 28.3 Å². The summed E-state index contributed by atoms with van der Waals surface area (Å²) in [6, 6.07) is 3.73. The van der Waals surface area contributed by atoms with E-state index in [1.54, 1.807) is 20.0 Å². The van der Waals surface area contributed by atoms with Crippen molar-refractivity contribution >= 4 is 27.8 Å². The number of amides is 1. The summed E-state index contributed by atoms with van der Waals surface area (Å²) in [5.41, 5.74) is 0.318. The number of alkyl halides is 2. The SMILES string of the molecule is Cc1nccc2c1c(=O)n(C)c1cc(OCC(CC(C)C)NC(=O)[O-])c(C(F)F)cc21. The Morgan fingerprint density at radius 2 is 2.00 bits per heavy atom. The molecule has 0 aliphatic rings. The Balaban J connectivity index is 2.13. The van der Waals surface area contributed by atoms with Crippen molar-refractivity contribution in [2.75, 3.05) is 6.61 Å². The molecule has 0 fully saturated rings. The fourth-order valence-electron chi connectivity index (χ4n) is 3.81. The van der Waals surface area contributed by atoms with Crippen molar-refractivity contribution < 1.29 is 23.4 Å². The third-order valence-electron chi connectivity index (χ3n) is 5.19. The number of pyridine rings is 2. The smallest absolute Gasteiger partial charge is 0.267 e. The molecule has 0 radical (unpaired) electrons. The van der Waals surface area contributed by atoms with Crippen LogP contribution in [0.25, 0.3) is 21.7 Å². The minimum absolute atomic E-state index is 0.100. The van der Waals surface area contributed by atoms with Crippen LogP contribution in [-0.2, 0) is 7.05 Å². The van der Waals surface area contributed by atoms with Gasteiger partial charge in [-0.1, -0.05) is 13.8 Å². The number of hydrogen-bond donors (Lipinski definition) is 1. The van der Waals surface area contributed by atoms with Crippen LogP contribution in [0.1, 0.15) is 38.0 Å². The van der Waals surface area contributed by atoms with Crippen LogP contribution in [0.3, 0.4) is 0 Å². The molecule has 1 unspecified atom stereocenters. The predicted octanol–water partition coefficient (Wildman–Crippen LogP) is 3.06. The van der Waals surface area contributed by atoms with Crippen LogP contribution in [0.5, 0.6) is 5.75 Å². The molecule has 0 aliphatic heterocycles. The van der Waals surface area contributed by atoms with E-state index in [4.69, 9.17) is 4.74 Å². The minimum atomic E-state index is -2.83. The first-order valence-corrected chi connectivity index (χ1v) is 9.90. The second-order valence-electron chi connectivity index (χ2n) is 7.96. The topological polar surface area (TPSA) is 96.3 Å². The lowest BCUT2D eigenvalue weighted by molar-refractivity contribution is -0.252. The molecule has 166 valence electrons. The van der Waals surface area contributed by atoms with E-state index in [-0.39, 0.29) is 29.4 Å². The number of carboxylic acid groups (broad SMARTS) is 1. The normalized spacial score (nSPS) is 12.6. The Morgan fingerprint density at radius 1 is 1.29 bits per heavy atom. The lowest BCUT2D eigenvalue weighted by Crippen LogP contribution is -2.46. The number of nitrogens with zero attached hydrogens (tertiary/aromatic N) is 2. The molecule has 2 aromatic heterocycles. The highest BCUT2D eigenvalue weighted by molar-refractivity contribution is 6.06. The van der Waals surface area contributed by atoms with Crippen molar-refractivity contribution in [1.29, 1.82) is 0 Å². The van der Waals surface area contributed by atoms with E-state index in [1.807, 2.05) is 13.8 Å². The third-order valence-corrected chi connectivity index (χ3v) is 5.19. The largest absolute Gasteiger partial charge is 0.530 e. The van der Waals surface area contributed by atoms with Gasteiger partial charge in [0.2, 0.25) is 0 Å². The number of ether oxygens (including phenoxy) is 1. The Labute approximate surface area is 177 Å². The molecule has 7 nitrogen and oxygen atoms in total. The van der Waals surface area contributed by atoms with E-state index in [2.05, 4.69) is 10.3 Å². The number of aromatic nitrogens is 2. The molecule has 0 spiro atoms. The quantitative estimate of drug-likeness (QED) is 0.579. The average molecular weight is 432 g/mol. The summed E-state index contributed by atoms with van der Waals surface area (Å²) in [5.74, 6) is 0.0483. The lowest BCUT2D eigenvalue weighted by Gasteiger charge is -2.23. The van der Waals surface area contributed by atoms with Gasteiger partial charge in [-0.3, -0.25) is 9.78 Å². The second kappa shape index (κ2) is 8.87. The van der Waals surface area contributed by atoms with Crippen molar-refractivity contribution in [2.45, 2.75) is 39.7 Å². The van der Waals surface area contributed by atoms with Gasteiger partial charge in [0.25, 0.3) is 12.0 Å². The van der Waals surface area contributed by atoms with Crippen LogP contribution in [0.2, 0.25) is 0 Å². The average Bonchev–Trinajstić information content (AvgIpc) is 2.68. The fourth-order valence-corrected chi connectivity index (χ4v) is 3.81. The molecular weight excluding hydrogens is 408 g/mol. The number of nitrogens with one attached hydrogen (secondary N) is 1. The molecule has 0 saturated heterocycles. The maximum absolute atomic E-state index is 13.9. The van der Waals surface area contributed by atoms with Gasteiger partial charge in [0.05, 0.1) is 28.2 Å². The maximum atomic E-state index is 13.9. The van der Waals surface area contributed by atoms with Crippen molar-refractivity contribution in [2.24, 2.45) is 13.0 Å². The molecule has 3 aromatic rings. The second-order valence-corrected chi connectivity index (χ2v) is 7.96. The van der Waals surface area contributed by atoms with Gasteiger partial charge in [0, 0.05) is 24.7 Å². The molecule has 0 saturated carbocycles. The van der Waals surface area contributed by atoms with E-state index in [9.17, 15) is 23.5 Å². The van der Waals surface area contributed by atoms with Gasteiger partial charge < -0.3 is 24.5 Å². The molecule has 1 atom stereocenters. The highest BCUT2D eigenvalue weighted by Gasteiger charge is 2.21. The molecule has 31 heavy (non-hydrogen) atoms. The summed E-state index contributed by atoms with van der Waals surface area (Å²) < 4.78 is 34.8. The summed E-state index contributed by atoms with van der Waals surface area (Å²) in [4.78, 5) is 27.9. The van der Waals surface area contributed by atoms with Gasteiger partial charge in [0.1, 0.15) is 18.4 Å². The summed E-state index contributed by atoms with van der Waals surface area (Å²) >= 11 is 0. The zero-order chi connectivity index (χ0) is 22.9. The number of fused-ring (bicyclic) bond motifs is 3. The van der Waals surface area contributed by atoms with E-state index in [0.29, 0.717) is 33.8 Å². The van der Waals surface area contributed by atoms with Crippen molar-refractivity contribution in [3.8, 4) is 5.75 Å². The number of aryl methyl sites for hydroxylation is 2. The lowest BCUT2D eigenvalue weighted by atomic mass is 10.0. The van der Waals surface area contributed by atoms with E-state index in [0.717, 1.165) is 0 Å². The van der Waals surface area contributed by atoms with Gasteiger partial charge in [-0.15, -0.1) is 0 Å². The zero-order valence-corrected chi connectivity index (χ0v) is 17.7. The van der Waals surface area contributed by atoms with Crippen LogP contribution >= 0.6 is 0 Å². The molecular formula is C22H24F2N3O4-. The summed E-state index contributed by atoms with van der Waals surface area (Å²) in [6.45, 7) is 5.35. The first-order valence-electron chi connectivity index (χ1n) is 9.90. The van der Waals surface area contributed by atoms with Crippen LogP contribution in [0.15, 0.2) is 29.2 Å². The number of carbonyl (C=O) groups is 1. The molecule has 1 N–H and O–H groups in total. The summed E-state index contributed by atoms with van der Waals surface area (Å²) in [7, 11) is 1.56. The predicted molar refractivity (Wildman–Crippen MR) is 111 cm³/mol. The Morgan fingerprint density at radius 3 is 2.61 bits per heavy atom. The van der Waals surface area contributed by atoms with E-state index in [1.165, 1.54) is 22.9 Å². The van der Waals surface area contributed by atoms with Crippen molar-refractivity contribution in [3.63, 3.8) is 0 Å². The monoisotopic (exact) mass is 432 g/mol. The molecule has 0 bridgehead atoms. The number of rotatable bonds is 7. The standard InChI is InChI=1S/C22H25F2N3O4/c1-11(2)7-13(26-22(29)30)10-31-18-9-17-15(8-16(18)20(23)24)14-5-6-25-12(3)19(14)21(28)27(17)4/h5-6,8-9,11,13,20,26H,7,10H2,1-4H3,(H,29,30)/p-1. The zero-order valence-electron chi connectivity index (χ0n) is 17.7. The van der Waals surface area contributed by atoms with Crippen molar-refractivity contribution in [1.82, 2.24) is 14.9 Å². The van der Waals surface area contributed by atoms with Crippen molar-refractivity contribution in [3.05, 3.63) is 46.0 Å². The van der Waals surface area contributed by atoms with Gasteiger partial charge in [-0.25, -0.2) is 8.78 Å². The minimum Gasteiger partial charge on any atom is -0.530 e. The van der Waals surface area contributed by atoms with Gasteiger partial charge in [-0.2, -0.15) is 0 Å². The van der Waals surface area contributed by atoms with Crippen LogP contribution < -0.4 is 20.7 Å². The highest BCUT2D eigenvalue weighted by atomic mass is 19.3. The van der Waals surface area contributed by atoms with E-state index >= 15 is 0 Å². The van der Waals surface area contributed by atoms with Crippen LogP contribution in [0, 0.1) is 12.8 Å². The van der Waals surface area contributed by atoms with Crippen LogP contribution in [0.4, 0.5) is 13.6 Å². The Hall–Kier alpha value is -3.23. The third kappa shape index (κ3) is 4.60. The molecule has 9 heteroatoms. The van der Waals surface area contributed by atoms with E-state index < -0.39 is 18.6 Å². The van der Waals surface area contributed by atoms with Gasteiger partial charge in [0.15, 0.2) is 0 Å². The first-order chi connectivity index (χ1) is 14.6. The maximum Gasteiger partial charge on any atom is 0.267 e. The number of halogens is 2. The number of benzene rings is 1. The molecule has 3 rings (SSSR count). The molecule has 2 heterocycles.